The first-order chi connectivity index (χ1) is 13.5. The highest BCUT2D eigenvalue weighted by Crippen LogP contribution is 2.36. The predicted octanol–water partition coefficient (Wildman–Crippen LogP) is 4.58. The second-order valence-electron chi connectivity index (χ2n) is 6.55. The van der Waals surface area contributed by atoms with Gasteiger partial charge in [0.25, 0.3) is 0 Å². The van der Waals surface area contributed by atoms with Crippen molar-refractivity contribution in [3.05, 3.63) is 48.0 Å². The lowest BCUT2D eigenvalue weighted by atomic mass is 10.1. The molecule has 1 atom stereocenters. The Morgan fingerprint density at radius 2 is 1.82 bits per heavy atom. The second kappa shape index (κ2) is 6.92. The maximum atomic E-state index is 9.98. The molecule has 2 aromatic carbocycles. The number of anilines is 1. The minimum absolute atomic E-state index is 0.121. The van der Waals surface area contributed by atoms with Crippen LogP contribution < -0.4 is 14.8 Å². The van der Waals surface area contributed by atoms with Crippen LogP contribution >= 0.6 is 0 Å². The van der Waals surface area contributed by atoms with Crippen LogP contribution in [0.15, 0.2) is 40.8 Å². The number of phenolic OH excluding ortho intramolecular Hbond substituents is 1. The highest BCUT2D eigenvalue weighted by atomic mass is 16.5. The number of aromatic hydroxyl groups is 1. The van der Waals surface area contributed by atoms with Crippen molar-refractivity contribution >= 4 is 27.7 Å². The van der Waals surface area contributed by atoms with E-state index in [1.54, 1.807) is 26.4 Å². The van der Waals surface area contributed by atoms with Crippen molar-refractivity contribution in [2.45, 2.75) is 19.9 Å². The largest absolute Gasteiger partial charge is 0.504 e. The van der Waals surface area contributed by atoms with Crippen LogP contribution in [0.4, 0.5) is 5.82 Å². The molecule has 2 aromatic heterocycles. The van der Waals surface area contributed by atoms with Crippen molar-refractivity contribution in [1.29, 1.82) is 0 Å². The Hall–Kier alpha value is -3.48. The first-order valence-electron chi connectivity index (χ1n) is 8.88. The number of nitrogens with one attached hydrogen (secondary N) is 1. The molecule has 144 valence electrons. The van der Waals surface area contributed by atoms with Crippen molar-refractivity contribution in [2.75, 3.05) is 19.5 Å². The number of phenols is 1. The fourth-order valence-electron chi connectivity index (χ4n) is 3.24. The zero-order valence-corrected chi connectivity index (χ0v) is 16.1. The number of rotatable bonds is 5. The standard InChI is InChI=1S/C21H21N3O4/c1-11(17-8-13-6-5-7-16(25)20(13)28-17)22-21-14-9-18(26-3)19(27-4)10-15(14)23-12(2)24-21/h5-11,25H,1-4H3,(H,22,23,24). The number of methoxy groups -OCH3 is 2. The molecule has 7 nitrogen and oxygen atoms in total. The van der Waals surface area contributed by atoms with E-state index in [0.717, 1.165) is 16.3 Å². The topological polar surface area (TPSA) is 89.6 Å². The van der Waals surface area contributed by atoms with Gasteiger partial charge in [0, 0.05) is 16.8 Å². The van der Waals surface area contributed by atoms with Crippen LogP contribution in [0, 0.1) is 6.92 Å². The number of hydrogen-bond acceptors (Lipinski definition) is 7. The second-order valence-corrected chi connectivity index (χ2v) is 6.55. The lowest BCUT2D eigenvalue weighted by Crippen LogP contribution is -2.09. The van der Waals surface area contributed by atoms with E-state index in [-0.39, 0.29) is 11.8 Å². The third-order valence-corrected chi connectivity index (χ3v) is 4.64. The van der Waals surface area contributed by atoms with Gasteiger partial charge >= 0.3 is 0 Å². The summed E-state index contributed by atoms with van der Waals surface area (Å²) in [6, 6.07) is 10.7. The van der Waals surface area contributed by atoms with Crippen LogP contribution in [0.25, 0.3) is 21.9 Å². The summed E-state index contributed by atoms with van der Waals surface area (Å²) in [5.41, 5.74) is 1.23. The molecule has 0 saturated heterocycles. The SMILES string of the molecule is COc1cc2nc(C)nc(NC(C)c3cc4cccc(O)c4o3)c2cc1OC. The van der Waals surface area contributed by atoms with Crippen LogP contribution in [-0.4, -0.2) is 29.3 Å². The van der Waals surface area contributed by atoms with Gasteiger partial charge in [-0.1, -0.05) is 12.1 Å². The van der Waals surface area contributed by atoms with Crippen molar-refractivity contribution in [3.8, 4) is 17.2 Å². The van der Waals surface area contributed by atoms with Crippen molar-refractivity contribution in [3.63, 3.8) is 0 Å². The van der Waals surface area contributed by atoms with Crippen LogP contribution in [0.3, 0.4) is 0 Å². The first-order valence-corrected chi connectivity index (χ1v) is 8.88. The number of aromatic nitrogens is 2. The van der Waals surface area contributed by atoms with E-state index in [2.05, 4.69) is 15.3 Å². The van der Waals surface area contributed by atoms with Crippen LogP contribution in [-0.2, 0) is 0 Å². The number of hydrogen-bond donors (Lipinski definition) is 2. The monoisotopic (exact) mass is 379 g/mol. The molecular formula is C21H21N3O4. The minimum atomic E-state index is -0.183. The molecule has 4 rings (SSSR count). The van der Waals surface area contributed by atoms with E-state index in [0.29, 0.717) is 34.5 Å². The van der Waals surface area contributed by atoms with Gasteiger partial charge in [0.15, 0.2) is 22.8 Å². The predicted molar refractivity (Wildman–Crippen MR) is 107 cm³/mol. The Kier molecular flexibility index (Phi) is 4.43. The molecule has 2 heterocycles. The number of aryl methyl sites for hydroxylation is 1. The summed E-state index contributed by atoms with van der Waals surface area (Å²) in [7, 11) is 3.19. The van der Waals surface area contributed by atoms with E-state index in [9.17, 15) is 5.11 Å². The molecule has 1 unspecified atom stereocenters. The van der Waals surface area contributed by atoms with Gasteiger partial charge in [-0.25, -0.2) is 9.97 Å². The molecule has 7 heteroatoms. The molecule has 0 aliphatic rings. The summed E-state index contributed by atoms with van der Waals surface area (Å²) in [4.78, 5) is 9.06. The molecule has 2 N–H and O–H groups in total. The zero-order chi connectivity index (χ0) is 19.8. The van der Waals surface area contributed by atoms with Gasteiger partial charge < -0.3 is 24.3 Å². The molecule has 0 saturated carbocycles. The number of furan rings is 1. The van der Waals surface area contributed by atoms with E-state index in [1.165, 1.54) is 0 Å². The number of nitrogens with zero attached hydrogens (tertiary/aromatic N) is 2. The minimum Gasteiger partial charge on any atom is -0.504 e. The van der Waals surface area contributed by atoms with E-state index >= 15 is 0 Å². The molecule has 0 bridgehead atoms. The third-order valence-electron chi connectivity index (χ3n) is 4.64. The van der Waals surface area contributed by atoms with Crippen molar-refractivity contribution < 1.29 is 19.0 Å². The summed E-state index contributed by atoms with van der Waals surface area (Å²) < 4.78 is 16.6. The summed E-state index contributed by atoms with van der Waals surface area (Å²) in [6.45, 7) is 3.81. The Morgan fingerprint density at radius 3 is 2.54 bits per heavy atom. The molecule has 0 radical (unpaired) electrons. The van der Waals surface area contributed by atoms with Gasteiger partial charge in [0.1, 0.15) is 17.4 Å². The van der Waals surface area contributed by atoms with Gasteiger partial charge in [-0.3, -0.25) is 0 Å². The highest BCUT2D eigenvalue weighted by molar-refractivity contribution is 5.92. The third kappa shape index (κ3) is 3.05. The number of benzene rings is 2. The molecular weight excluding hydrogens is 358 g/mol. The van der Waals surface area contributed by atoms with Gasteiger partial charge in [-0.15, -0.1) is 0 Å². The van der Waals surface area contributed by atoms with Crippen molar-refractivity contribution in [2.24, 2.45) is 0 Å². The van der Waals surface area contributed by atoms with Crippen LogP contribution in [0.5, 0.6) is 17.2 Å². The molecule has 0 fully saturated rings. The Labute approximate surface area is 161 Å². The lowest BCUT2D eigenvalue weighted by molar-refractivity contribution is 0.356. The van der Waals surface area contributed by atoms with Gasteiger partial charge in [-0.05, 0) is 32.0 Å². The average molecular weight is 379 g/mol. The van der Waals surface area contributed by atoms with Crippen LogP contribution in [0.2, 0.25) is 0 Å². The summed E-state index contributed by atoms with van der Waals surface area (Å²) in [6.07, 6.45) is 0. The first kappa shape index (κ1) is 17.9. The van der Waals surface area contributed by atoms with Crippen LogP contribution in [0.1, 0.15) is 24.6 Å². The Morgan fingerprint density at radius 1 is 1.07 bits per heavy atom. The average Bonchev–Trinajstić information content (AvgIpc) is 3.13. The highest BCUT2D eigenvalue weighted by Gasteiger charge is 2.17. The summed E-state index contributed by atoms with van der Waals surface area (Å²) in [5.74, 6) is 3.33. The molecule has 4 aromatic rings. The van der Waals surface area contributed by atoms with E-state index in [4.69, 9.17) is 13.9 Å². The molecule has 0 aliphatic heterocycles. The summed E-state index contributed by atoms with van der Waals surface area (Å²) >= 11 is 0. The maximum absolute atomic E-state index is 9.98. The van der Waals surface area contributed by atoms with E-state index < -0.39 is 0 Å². The van der Waals surface area contributed by atoms with E-state index in [1.807, 2.05) is 38.1 Å². The lowest BCUT2D eigenvalue weighted by Gasteiger charge is -2.16. The zero-order valence-electron chi connectivity index (χ0n) is 16.1. The number of para-hydroxylation sites is 1. The Balaban J connectivity index is 1.76. The van der Waals surface area contributed by atoms with Crippen molar-refractivity contribution in [1.82, 2.24) is 9.97 Å². The van der Waals surface area contributed by atoms with Gasteiger partial charge in [0.05, 0.1) is 25.8 Å². The van der Waals surface area contributed by atoms with Gasteiger partial charge in [-0.2, -0.15) is 0 Å². The smallest absolute Gasteiger partial charge is 0.175 e. The fourth-order valence-corrected chi connectivity index (χ4v) is 3.24. The fraction of sp³-hybridized carbons (Fsp3) is 0.238. The molecule has 0 amide bonds. The number of fused-ring (bicyclic) bond motifs is 2. The maximum Gasteiger partial charge on any atom is 0.175 e. The molecule has 0 aliphatic carbocycles. The molecule has 28 heavy (non-hydrogen) atoms. The quantitative estimate of drug-likeness (QED) is 0.524. The molecule has 0 spiro atoms. The van der Waals surface area contributed by atoms with Gasteiger partial charge in [0.2, 0.25) is 0 Å². The Bertz CT molecular complexity index is 1170. The number of ether oxygens (including phenoxy) is 2. The normalized spacial score (nSPS) is 12.3. The summed E-state index contributed by atoms with van der Waals surface area (Å²) in [5, 5.41) is 15.0.